The first-order valence-electron chi connectivity index (χ1n) is 7.85. The summed E-state index contributed by atoms with van der Waals surface area (Å²) in [6, 6.07) is 3.86. The Bertz CT molecular complexity index is 386. The maximum atomic E-state index is 5.28. The second-order valence-corrected chi connectivity index (χ2v) is 5.58. The molecule has 2 rings (SSSR count). The largest absolute Gasteiger partial charge is 0.467 e. The van der Waals surface area contributed by atoms with Crippen LogP contribution in [0.5, 0.6) is 0 Å². The molecule has 0 spiro atoms. The van der Waals surface area contributed by atoms with E-state index in [2.05, 4.69) is 15.6 Å². The van der Waals surface area contributed by atoms with Crippen LogP contribution in [0.3, 0.4) is 0 Å². The third kappa shape index (κ3) is 7.20. The monoisotopic (exact) mass is 405 g/mol. The highest BCUT2D eigenvalue weighted by Gasteiger charge is 2.13. The number of hydrogen-bond acceptors (Lipinski definition) is 2. The first-order chi connectivity index (χ1) is 9.88. The summed E-state index contributed by atoms with van der Waals surface area (Å²) in [6.07, 6.45) is 11.5. The lowest BCUT2D eigenvalue weighted by Gasteiger charge is -2.12. The van der Waals surface area contributed by atoms with E-state index in [9.17, 15) is 0 Å². The Hall–Kier alpha value is -0.720. The van der Waals surface area contributed by atoms with Crippen LogP contribution in [0.2, 0.25) is 0 Å². The van der Waals surface area contributed by atoms with Crippen molar-refractivity contribution in [3.05, 3.63) is 24.2 Å². The van der Waals surface area contributed by atoms with Gasteiger partial charge in [0.2, 0.25) is 0 Å². The minimum atomic E-state index is 0. The molecule has 0 aromatic carbocycles. The molecular weight excluding hydrogens is 377 g/mol. The molecule has 0 radical (unpaired) electrons. The smallest absolute Gasteiger partial charge is 0.191 e. The Morgan fingerprint density at radius 1 is 1.29 bits per heavy atom. The molecule has 1 fully saturated rings. The molecule has 0 aliphatic heterocycles. The van der Waals surface area contributed by atoms with Gasteiger partial charge in [0.15, 0.2) is 5.96 Å². The van der Waals surface area contributed by atoms with Crippen molar-refractivity contribution in [3.63, 3.8) is 0 Å². The fourth-order valence-corrected chi connectivity index (χ4v) is 2.87. The summed E-state index contributed by atoms with van der Waals surface area (Å²) in [5, 5.41) is 6.60. The number of unbranched alkanes of at least 4 members (excludes halogenated alkanes) is 1. The fraction of sp³-hybridized carbons (Fsp3) is 0.688. The zero-order valence-electron chi connectivity index (χ0n) is 12.9. The summed E-state index contributed by atoms with van der Waals surface area (Å²) < 4.78 is 5.28. The van der Waals surface area contributed by atoms with Crippen LogP contribution in [-0.2, 0) is 6.54 Å². The maximum Gasteiger partial charge on any atom is 0.191 e. The number of hydrogen-bond donors (Lipinski definition) is 2. The molecule has 1 saturated carbocycles. The summed E-state index contributed by atoms with van der Waals surface area (Å²) in [7, 11) is 1.80. The van der Waals surface area contributed by atoms with Crippen molar-refractivity contribution in [2.45, 2.75) is 51.5 Å². The molecule has 0 unspecified atom stereocenters. The topological polar surface area (TPSA) is 49.6 Å². The number of halogens is 1. The van der Waals surface area contributed by atoms with Gasteiger partial charge in [-0.05, 0) is 24.5 Å². The molecule has 21 heavy (non-hydrogen) atoms. The maximum absolute atomic E-state index is 5.28. The van der Waals surface area contributed by atoms with Crippen LogP contribution in [0.15, 0.2) is 27.8 Å². The highest BCUT2D eigenvalue weighted by Crippen LogP contribution is 2.28. The Labute approximate surface area is 145 Å². The average molecular weight is 405 g/mol. The third-order valence-corrected chi connectivity index (χ3v) is 4.04. The van der Waals surface area contributed by atoms with E-state index in [4.69, 9.17) is 4.42 Å². The Morgan fingerprint density at radius 2 is 2.10 bits per heavy atom. The lowest BCUT2D eigenvalue weighted by molar-refractivity contribution is 0.472. The van der Waals surface area contributed by atoms with Gasteiger partial charge in [-0.15, -0.1) is 24.0 Å². The molecule has 0 atom stereocenters. The van der Waals surface area contributed by atoms with Crippen molar-refractivity contribution >= 4 is 29.9 Å². The Morgan fingerprint density at radius 3 is 2.76 bits per heavy atom. The van der Waals surface area contributed by atoms with E-state index in [0.717, 1.165) is 24.2 Å². The second-order valence-electron chi connectivity index (χ2n) is 5.58. The van der Waals surface area contributed by atoms with Crippen molar-refractivity contribution in [2.24, 2.45) is 10.9 Å². The number of rotatable bonds is 7. The summed E-state index contributed by atoms with van der Waals surface area (Å²) in [5.74, 6) is 2.78. The summed E-state index contributed by atoms with van der Waals surface area (Å²) in [6.45, 7) is 1.67. The first kappa shape index (κ1) is 18.3. The van der Waals surface area contributed by atoms with Crippen LogP contribution in [0, 0.1) is 5.92 Å². The van der Waals surface area contributed by atoms with E-state index < -0.39 is 0 Å². The van der Waals surface area contributed by atoms with Crippen molar-refractivity contribution in [1.29, 1.82) is 0 Å². The minimum Gasteiger partial charge on any atom is -0.467 e. The average Bonchev–Trinajstić information content (AvgIpc) is 3.14. The van der Waals surface area contributed by atoms with E-state index in [1.165, 1.54) is 44.9 Å². The van der Waals surface area contributed by atoms with Gasteiger partial charge in [0.25, 0.3) is 0 Å². The zero-order valence-corrected chi connectivity index (χ0v) is 15.3. The SMILES string of the molecule is CN=C(NCCCCC1CCCC1)NCc1ccco1.I. The quantitative estimate of drug-likeness (QED) is 0.313. The highest BCUT2D eigenvalue weighted by atomic mass is 127. The van der Waals surface area contributed by atoms with Crippen LogP contribution in [0.25, 0.3) is 0 Å². The van der Waals surface area contributed by atoms with Crippen molar-refractivity contribution in [1.82, 2.24) is 10.6 Å². The lowest BCUT2D eigenvalue weighted by atomic mass is 10.0. The Balaban J connectivity index is 0.00000220. The summed E-state index contributed by atoms with van der Waals surface area (Å²) in [5.41, 5.74) is 0. The molecule has 0 amide bonds. The summed E-state index contributed by atoms with van der Waals surface area (Å²) >= 11 is 0. The van der Waals surface area contributed by atoms with Gasteiger partial charge in [-0.2, -0.15) is 0 Å². The number of nitrogens with one attached hydrogen (secondary N) is 2. The standard InChI is InChI=1S/C16H27N3O.HI/c1-17-16(19-13-15-10-6-12-20-15)18-11-5-4-9-14-7-2-3-8-14;/h6,10,12,14H,2-5,7-9,11,13H2,1H3,(H2,17,18,19);1H. The molecular formula is C16H28IN3O. The normalized spacial score (nSPS) is 15.8. The van der Waals surface area contributed by atoms with E-state index in [1.807, 2.05) is 12.1 Å². The van der Waals surface area contributed by atoms with E-state index in [-0.39, 0.29) is 24.0 Å². The van der Waals surface area contributed by atoms with Crippen LogP contribution < -0.4 is 10.6 Å². The molecule has 5 heteroatoms. The summed E-state index contributed by atoms with van der Waals surface area (Å²) in [4.78, 5) is 4.22. The Kier molecular flexibility index (Phi) is 9.54. The number of nitrogens with zero attached hydrogens (tertiary/aromatic N) is 1. The van der Waals surface area contributed by atoms with Crippen molar-refractivity contribution in [3.8, 4) is 0 Å². The molecule has 4 nitrogen and oxygen atoms in total. The predicted molar refractivity (Wildman–Crippen MR) is 98.1 cm³/mol. The molecule has 1 heterocycles. The number of aliphatic imine (C=N–C) groups is 1. The van der Waals surface area contributed by atoms with Gasteiger partial charge in [-0.25, -0.2) is 0 Å². The molecule has 120 valence electrons. The molecule has 0 saturated heterocycles. The van der Waals surface area contributed by atoms with Gasteiger partial charge in [-0.3, -0.25) is 4.99 Å². The third-order valence-electron chi connectivity index (χ3n) is 4.04. The fourth-order valence-electron chi connectivity index (χ4n) is 2.87. The van der Waals surface area contributed by atoms with Gasteiger partial charge < -0.3 is 15.1 Å². The molecule has 1 aliphatic rings. The molecule has 1 aromatic heterocycles. The van der Waals surface area contributed by atoms with Gasteiger partial charge >= 0.3 is 0 Å². The van der Waals surface area contributed by atoms with Gasteiger partial charge in [0.05, 0.1) is 12.8 Å². The zero-order chi connectivity index (χ0) is 14.0. The van der Waals surface area contributed by atoms with Gasteiger partial charge in [-0.1, -0.05) is 38.5 Å². The molecule has 1 aromatic rings. The number of guanidine groups is 1. The van der Waals surface area contributed by atoms with E-state index in [0.29, 0.717) is 6.54 Å². The van der Waals surface area contributed by atoms with E-state index in [1.54, 1.807) is 13.3 Å². The van der Waals surface area contributed by atoms with Crippen molar-refractivity contribution in [2.75, 3.05) is 13.6 Å². The minimum absolute atomic E-state index is 0. The van der Waals surface area contributed by atoms with Gasteiger partial charge in [0.1, 0.15) is 5.76 Å². The first-order valence-corrected chi connectivity index (χ1v) is 7.85. The van der Waals surface area contributed by atoms with Crippen LogP contribution in [0.4, 0.5) is 0 Å². The van der Waals surface area contributed by atoms with Crippen LogP contribution in [-0.4, -0.2) is 19.6 Å². The van der Waals surface area contributed by atoms with E-state index >= 15 is 0 Å². The molecule has 0 bridgehead atoms. The predicted octanol–water partition coefficient (Wildman–Crippen LogP) is 3.92. The number of furan rings is 1. The van der Waals surface area contributed by atoms with Gasteiger partial charge in [0, 0.05) is 13.6 Å². The van der Waals surface area contributed by atoms with Crippen LogP contribution in [0.1, 0.15) is 50.7 Å². The van der Waals surface area contributed by atoms with Crippen molar-refractivity contribution < 1.29 is 4.42 Å². The molecule has 2 N–H and O–H groups in total. The van der Waals surface area contributed by atoms with Crippen LogP contribution >= 0.6 is 24.0 Å². The molecule has 1 aliphatic carbocycles. The lowest BCUT2D eigenvalue weighted by Crippen LogP contribution is -2.37. The highest BCUT2D eigenvalue weighted by molar-refractivity contribution is 14.0. The second kappa shape index (κ2) is 10.9.